The van der Waals surface area contributed by atoms with Gasteiger partial charge in [-0.05, 0) is 49.4 Å². The first-order valence-electron chi connectivity index (χ1n) is 9.24. The maximum Gasteiger partial charge on any atom is 0.305 e. The predicted molar refractivity (Wildman–Crippen MR) is 92.7 cm³/mol. The van der Waals surface area contributed by atoms with Crippen LogP contribution in [0.1, 0.15) is 65.7 Å². The Kier molecular flexibility index (Phi) is 6.29. The second-order valence-electron chi connectivity index (χ2n) is 8.68. The van der Waals surface area contributed by atoms with Crippen molar-refractivity contribution in [2.45, 2.75) is 77.9 Å². The highest BCUT2D eigenvalue weighted by Crippen LogP contribution is 2.41. The molecule has 2 aliphatic rings. The van der Waals surface area contributed by atoms with E-state index in [2.05, 4.69) is 20.8 Å². The van der Waals surface area contributed by atoms with Crippen molar-refractivity contribution >= 4 is 11.9 Å². The van der Waals surface area contributed by atoms with E-state index >= 15 is 0 Å². The molecule has 0 spiro atoms. The molecule has 24 heavy (non-hydrogen) atoms. The van der Waals surface area contributed by atoms with Gasteiger partial charge < -0.3 is 14.7 Å². The Morgan fingerprint density at radius 3 is 2.25 bits per heavy atom. The summed E-state index contributed by atoms with van der Waals surface area (Å²) in [5, 5.41) is 9.08. The quantitative estimate of drug-likeness (QED) is 0.834. The van der Waals surface area contributed by atoms with Crippen molar-refractivity contribution in [3.63, 3.8) is 0 Å². The van der Waals surface area contributed by atoms with Gasteiger partial charge in [0.1, 0.15) is 0 Å². The third-order valence-electron chi connectivity index (χ3n) is 5.97. The van der Waals surface area contributed by atoms with Gasteiger partial charge in [0.15, 0.2) is 0 Å². The molecule has 1 amide bonds. The first-order chi connectivity index (χ1) is 11.2. The third kappa shape index (κ3) is 4.95. The molecule has 1 heterocycles. The highest BCUT2D eigenvalue weighted by molar-refractivity contribution is 5.78. The van der Waals surface area contributed by atoms with Gasteiger partial charge in [0.2, 0.25) is 5.91 Å². The van der Waals surface area contributed by atoms with Crippen LogP contribution >= 0.6 is 0 Å². The Hall–Kier alpha value is -1.10. The number of carboxylic acid groups (broad SMARTS) is 1. The molecule has 1 aliphatic heterocycles. The molecule has 0 aromatic rings. The normalized spacial score (nSPS) is 31.2. The molecular weight excluding hydrogens is 306 g/mol. The maximum atomic E-state index is 12.7. The van der Waals surface area contributed by atoms with Crippen molar-refractivity contribution in [2.24, 2.45) is 17.3 Å². The van der Waals surface area contributed by atoms with Crippen molar-refractivity contribution in [1.29, 1.82) is 0 Å². The zero-order valence-electron chi connectivity index (χ0n) is 15.6. The fourth-order valence-corrected chi connectivity index (χ4v) is 4.34. The number of rotatable bonds is 5. The monoisotopic (exact) mass is 339 g/mol. The highest BCUT2D eigenvalue weighted by atomic mass is 16.5. The largest absolute Gasteiger partial charge is 0.481 e. The van der Waals surface area contributed by atoms with Crippen molar-refractivity contribution < 1.29 is 19.4 Å². The zero-order valence-corrected chi connectivity index (χ0v) is 15.6. The number of ether oxygens (including phenoxy) is 1. The van der Waals surface area contributed by atoms with E-state index < -0.39 is 5.97 Å². The minimum atomic E-state index is -0.847. The molecule has 2 atom stereocenters. The van der Waals surface area contributed by atoms with E-state index in [0.29, 0.717) is 30.7 Å². The van der Waals surface area contributed by atoms with Crippen LogP contribution in [-0.4, -0.2) is 47.7 Å². The zero-order chi connectivity index (χ0) is 17.9. The molecular formula is C19H33NO4. The van der Waals surface area contributed by atoms with Crippen LogP contribution in [0.5, 0.6) is 0 Å². The molecule has 1 saturated heterocycles. The summed E-state index contributed by atoms with van der Waals surface area (Å²) >= 11 is 0. The number of carbonyl (C=O) groups excluding carboxylic acids is 1. The lowest BCUT2D eigenvalue weighted by molar-refractivity contribution is -0.140. The average Bonchev–Trinajstić information content (AvgIpc) is 2.89. The maximum absolute atomic E-state index is 12.7. The molecule has 0 aromatic carbocycles. The Balaban J connectivity index is 1.88. The topological polar surface area (TPSA) is 66.8 Å². The van der Waals surface area contributed by atoms with Crippen LogP contribution in [0.15, 0.2) is 0 Å². The van der Waals surface area contributed by atoms with Crippen LogP contribution < -0.4 is 0 Å². The minimum absolute atomic E-state index is 0.0162. The summed E-state index contributed by atoms with van der Waals surface area (Å²) < 4.78 is 5.36. The lowest BCUT2D eigenvalue weighted by Gasteiger charge is -2.37. The number of carboxylic acids is 1. The molecule has 2 fully saturated rings. The first kappa shape index (κ1) is 19.2. The number of likely N-dealkylation sites (tertiary alicyclic amines) is 1. The summed E-state index contributed by atoms with van der Waals surface area (Å²) in [6.45, 7) is 7.43. The molecule has 5 nitrogen and oxygen atoms in total. The Labute approximate surface area is 145 Å². The standard InChI is InChI=1S/C19H33NO4/c1-19(2,3)14-7-5-13(6-8-14)9-17(21)20-12-16(24-4)10-15(20)11-18(22)23/h13-16H,5-12H2,1-4H3,(H,22,23). The van der Waals surface area contributed by atoms with E-state index in [1.54, 1.807) is 12.0 Å². The van der Waals surface area contributed by atoms with Crippen LogP contribution in [0.3, 0.4) is 0 Å². The van der Waals surface area contributed by atoms with Gasteiger partial charge in [-0.15, -0.1) is 0 Å². The van der Waals surface area contributed by atoms with E-state index in [9.17, 15) is 9.59 Å². The average molecular weight is 339 g/mol. The Morgan fingerprint density at radius 1 is 1.12 bits per heavy atom. The summed E-state index contributed by atoms with van der Waals surface area (Å²) in [7, 11) is 1.63. The van der Waals surface area contributed by atoms with E-state index in [-0.39, 0.29) is 24.5 Å². The third-order valence-corrected chi connectivity index (χ3v) is 5.97. The number of hydrogen-bond donors (Lipinski definition) is 1. The number of hydrogen-bond acceptors (Lipinski definition) is 3. The van der Waals surface area contributed by atoms with Crippen molar-refractivity contribution in [3.8, 4) is 0 Å². The predicted octanol–water partition coefficient (Wildman–Crippen LogP) is 3.32. The molecule has 138 valence electrons. The molecule has 2 rings (SSSR count). The molecule has 0 aromatic heterocycles. The SMILES string of the molecule is COC1CC(CC(=O)O)N(C(=O)CC2CCC(C(C)(C)C)CC2)C1. The van der Waals surface area contributed by atoms with E-state index in [1.165, 1.54) is 12.8 Å². The van der Waals surface area contributed by atoms with E-state index in [1.807, 2.05) is 0 Å². The van der Waals surface area contributed by atoms with Crippen LogP contribution in [0, 0.1) is 17.3 Å². The van der Waals surface area contributed by atoms with Gasteiger partial charge in [-0.2, -0.15) is 0 Å². The number of methoxy groups -OCH3 is 1. The van der Waals surface area contributed by atoms with Crippen molar-refractivity contribution in [3.05, 3.63) is 0 Å². The summed E-state index contributed by atoms with van der Waals surface area (Å²) in [5.41, 5.74) is 0.349. The van der Waals surface area contributed by atoms with Gasteiger partial charge in [0.25, 0.3) is 0 Å². The van der Waals surface area contributed by atoms with Gasteiger partial charge in [-0.25, -0.2) is 0 Å². The van der Waals surface area contributed by atoms with Gasteiger partial charge >= 0.3 is 5.97 Å². The Bertz CT molecular complexity index is 449. The number of carbonyl (C=O) groups is 2. The highest BCUT2D eigenvalue weighted by Gasteiger charge is 2.38. The number of aliphatic carboxylic acids is 1. The lowest BCUT2D eigenvalue weighted by Crippen LogP contribution is -2.38. The second kappa shape index (κ2) is 7.85. The van der Waals surface area contributed by atoms with Gasteiger partial charge in [-0.3, -0.25) is 9.59 Å². The molecule has 0 radical (unpaired) electrons. The minimum Gasteiger partial charge on any atom is -0.481 e. The summed E-state index contributed by atoms with van der Waals surface area (Å²) in [6.07, 6.45) is 5.78. The van der Waals surface area contributed by atoms with Gasteiger partial charge in [0, 0.05) is 26.1 Å². The molecule has 5 heteroatoms. The van der Waals surface area contributed by atoms with Crippen molar-refractivity contribution in [2.75, 3.05) is 13.7 Å². The molecule has 2 unspecified atom stereocenters. The van der Waals surface area contributed by atoms with Crippen LogP contribution in [-0.2, 0) is 14.3 Å². The van der Waals surface area contributed by atoms with Crippen LogP contribution in [0.4, 0.5) is 0 Å². The fraction of sp³-hybridized carbons (Fsp3) is 0.895. The van der Waals surface area contributed by atoms with E-state index in [4.69, 9.17) is 9.84 Å². The number of nitrogens with zero attached hydrogens (tertiary/aromatic N) is 1. The summed E-state index contributed by atoms with van der Waals surface area (Å²) in [4.78, 5) is 25.5. The van der Waals surface area contributed by atoms with Crippen LogP contribution in [0.2, 0.25) is 0 Å². The molecule has 1 N–H and O–H groups in total. The van der Waals surface area contributed by atoms with Crippen molar-refractivity contribution in [1.82, 2.24) is 4.90 Å². The number of amides is 1. The lowest BCUT2D eigenvalue weighted by atomic mass is 9.69. The van der Waals surface area contributed by atoms with E-state index in [0.717, 1.165) is 18.8 Å². The fourth-order valence-electron chi connectivity index (χ4n) is 4.34. The van der Waals surface area contributed by atoms with Gasteiger partial charge in [-0.1, -0.05) is 20.8 Å². The Morgan fingerprint density at radius 2 is 1.75 bits per heavy atom. The smallest absolute Gasteiger partial charge is 0.305 e. The first-order valence-corrected chi connectivity index (χ1v) is 9.24. The second-order valence-corrected chi connectivity index (χ2v) is 8.68. The summed E-state index contributed by atoms with van der Waals surface area (Å²) in [5.74, 6) is 0.455. The van der Waals surface area contributed by atoms with Crippen LogP contribution in [0.25, 0.3) is 0 Å². The van der Waals surface area contributed by atoms with Gasteiger partial charge in [0.05, 0.1) is 12.5 Å². The molecule has 0 bridgehead atoms. The summed E-state index contributed by atoms with van der Waals surface area (Å²) in [6, 6.07) is -0.217. The molecule has 1 saturated carbocycles. The molecule has 1 aliphatic carbocycles.